The molecule has 4 aromatic rings. The third kappa shape index (κ3) is 4.47. The van der Waals surface area contributed by atoms with Crippen LogP contribution in [0.1, 0.15) is 22.6 Å². The fraction of sp³-hybridized carbons (Fsp3) is 0.417. The van der Waals surface area contributed by atoms with Crippen LogP contribution in [-0.4, -0.2) is 60.0 Å². The van der Waals surface area contributed by atoms with Crippen molar-refractivity contribution < 1.29 is 4.52 Å². The van der Waals surface area contributed by atoms with Gasteiger partial charge in [0.2, 0.25) is 0 Å². The van der Waals surface area contributed by atoms with Crippen LogP contribution in [0.15, 0.2) is 40.1 Å². The average Bonchev–Trinajstić information content (AvgIpc) is 3.45. The van der Waals surface area contributed by atoms with E-state index < -0.39 is 0 Å². The van der Waals surface area contributed by atoms with Crippen LogP contribution < -0.4 is 0 Å². The SMILES string of the molecule is Cc1cc(-c2ccc3c(c2)CCN(CCSc2nnc(-c4cnn(C)c4C)n2C)CC3)no1. The summed E-state index contributed by atoms with van der Waals surface area (Å²) in [5, 5.41) is 18.3. The zero-order chi connectivity index (χ0) is 22.9. The minimum Gasteiger partial charge on any atom is -0.361 e. The van der Waals surface area contributed by atoms with Crippen molar-refractivity contribution in [3.63, 3.8) is 0 Å². The number of benzene rings is 1. The van der Waals surface area contributed by atoms with Crippen LogP contribution in [0.3, 0.4) is 0 Å². The lowest BCUT2D eigenvalue weighted by molar-refractivity contribution is 0.306. The highest BCUT2D eigenvalue weighted by Crippen LogP contribution is 2.26. The van der Waals surface area contributed by atoms with Crippen LogP contribution in [-0.2, 0) is 26.9 Å². The highest BCUT2D eigenvalue weighted by Gasteiger charge is 2.18. The second-order valence-corrected chi connectivity index (χ2v) is 9.69. The van der Waals surface area contributed by atoms with Crippen molar-refractivity contribution in [2.75, 3.05) is 25.4 Å². The minimum atomic E-state index is 0.842. The molecule has 0 atom stereocenters. The molecule has 172 valence electrons. The number of nitrogens with zero attached hydrogens (tertiary/aromatic N) is 7. The van der Waals surface area contributed by atoms with Gasteiger partial charge in [0.1, 0.15) is 11.5 Å². The third-order valence-corrected chi connectivity index (χ3v) is 7.47. The van der Waals surface area contributed by atoms with Gasteiger partial charge in [-0.15, -0.1) is 10.2 Å². The second kappa shape index (κ2) is 9.15. The third-order valence-electron chi connectivity index (χ3n) is 6.47. The summed E-state index contributed by atoms with van der Waals surface area (Å²) in [6.45, 7) is 7.15. The van der Waals surface area contributed by atoms with Gasteiger partial charge in [-0.25, -0.2) is 0 Å². The maximum atomic E-state index is 5.25. The van der Waals surface area contributed by atoms with Gasteiger partial charge in [0, 0.05) is 56.8 Å². The van der Waals surface area contributed by atoms with Crippen molar-refractivity contribution in [3.05, 3.63) is 53.0 Å². The molecule has 8 nitrogen and oxygen atoms in total. The summed E-state index contributed by atoms with van der Waals surface area (Å²) in [7, 11) is 3.97. The number of aromatic nitrogens is 6. The average molecular weight is 464 g/mol. The Hall–Kier alpha value is -2.91. The number of hydrogen-bond acceptors (Lipinski definition) is 7. The number of hydrogen-bond donors (Lipinski definition) is 0. The predicted molar refractivity (Wildman–Crippen MR) is 129 cm³/mol. The molecule has 0 bridgehead atoms. The maximum absolute atomic E-state index is 5.25. The Morgan fingerprint density at radius 3 is 2.58 bits per heavy atom. The van der Waals surface area contributed by atoms with E-state index in [9.17, 15) is 0 Å². The normalized spacial score (nSPS) is 14.4. The lowest BCUT2D eigenvalue weighted by Gasteiger charge is -2.19. The van der Waals surface area contributed by atoms with Gasteiger partial charge < -0.3 is 14.0 Å². The van der Waals surface area contributed by atoms with Crippen molar-refractivity contribution in [2.24, 2.45) is 14.1 Å². The number of fused-ring (bicyclic) bond motifs is 1. The number of thioether (sulfide) groups is 1. The van der Waals surface area contributed by atoms with Gasteiger partial charge in [0.15, 0.2) is 11.0 Å². The summed E-state index contributed by atoms with van der Waals surface area (Å²) in [5.74, 6) is 2.69. The van der Waals surface area contributed by atoms with Crippen molar-refractivity contribution in [1.29, 1.82) is 0 Å². The lowest BCUT2D eigenvalue weighted by Crippen LogP contribution is -2.28. The van der Waals surface area contributed by atoms with E-state index in [0.29, 0.717) is 0 Å². The van der Waals surface area contributed by atoms with E-state index in [1.54, 1.807) is 11.8 Å². The molecule has 1 aromatic carbocycles. The molecular formula is C24H29N7OS. The Balaban J connectivity index is 1.18. The summed E-state index contributed by atoms with van der Waals surface area (Å²) >= 11 is 1.76. The maximum Gasteiger partial charge on any atom is 0.191 e. The van der Waals surface area contributed by atoms with Crippen LogP contribution in [0.25, 0.3) is 22.6 Å². The van der Waals surface area contributed by atoms with Crippen molar-refractivity contribution >= 4 is 11.8 Å². The second-order valence-electron chi connectivity index (χ2n) is 8.63. The molecule has 9 heteroatoms. The van der Waals surface area contributed by atoms with E-state index >= 15 is 0 Å². The number of rotatable bonds is 6. The fourth-order valence-corrected chi connectivity index (χ4v) is 5.23. The van der Waals surface area contributed by atoms with Crippen LogP contribution in [0, 0.1) is 13.8 Å². The summed E-state index contributed by atoms with van der Waals surface area (Å²) < 4.78 is 9.19. The van der Waals surface area contributed by atoms with Crippen molar-refractivity contribution in [3.8, 4) is 22.6 Å². The molecule has 0 fully saturated rings. The molecule has 0 saturated carbocycles. The summed E-state index contributed by atoms with van der Waals surface area (Å²) in [6.07, 6.45) is 3.99. The zero-order valence-electron chi connectivity index (χ0n) is 19.6. The van der Waals surface area contributed by atoms with E-state index in [4.69, 9.17) is 4.52 Å². The lowest BCUT2D eigenvalue weighted by atomic mass is 9.99. The van der Waals surface area contributed by atoms with Gasteiger partial charge >= 0.3 is 0 Å². The topological polar surface area (TPSA) is 77.8 Å². The first-order valence-corrected chi connectivity index (χ1v) is 12.3. The molecule has 4 heterocycles. The van der Waals surface area contributed by atoms with Gasteiger partial charge in [-0.05, 0) is 43.9 Å². The highest BCUT2D eigenvalue weighted by molar-refractivity contribution is 7.99. The molecule has 1 aliphatic rings. The first kappa shape index (κ1) is 21.9. The molecule has 0 aliphatic carbocycles. The molecule has 0 spiro atoms. The Morgan fingerprint density at radius 1 is 1.03 bits per heavy atom. The molecule has 1 aliphatic heterocycles. The highest BCUT2D eigenvalue weighted by atomic mass is 32.2. The van der Waals surface area contributed by atoms with E-state index in [1.807, 2.05) is 38.0 Å². The van der Waals surface area contributed by atoms with E-state index in [1.165, 1.54) is 11.1 Å². The first-order valence-electron chi connectivity index (χ1n) is 11.3. The predicted octanol–water partition coefficient (Wildman–Crippen LogP) is 3.68. The Morgan fingerprint density at radius 2 is 1.85 bits per heavy atom. The summed E-state index contributed by atoms with van der Waals surface area (Å²) in [4.78, 5) is 2.55. The number of aryl methyl sites for hydroxylation is 2. The standard InChI is InChI=1S/C24H29N7OS/c1-16-13-22(28-32-16)20-6-5-18-7-9-31(10-8-19(18)14-20)11-12-33-24-27-26-23(29(24)3)21-15-25-30(4)17(21)2/h5-6,13-15H,7-12H2,1-4H3. The van der Waals surface area contributed by atoms with Crippen molar-refractivity contribution in [1.82, 2.24) is 34.6 Å². The Labute approximate surface area is 198 Å². The Bertz CT molecular complexity index is 1270. The van der Waals surface area contributed by atoms with Crippen LogP contribution in [0.4, 0.5) is 0 Å². The van der Waals surface area contributed by atoms with Gasteiger partial charge in [0.25, 0.3) is 0 Å². The van der Waals surface area contributed by atoms with Gasteiger partial charge in [0.05, 0.1) is 11.8 Å². The van der Waals surface area contributed by atoms with E-state index in [2.05, 4.69) is 55.0 Å². The first-order chi connectivity index (χ1) is 16.0. The summed E-state index contributed by atoms with van der Waals surface area (Å²) in [6, 6.07) is 8.70. The molecule has 0 amide bonds. The monoisotopic (exact) mass is 463 g/mol. The van der Waals surface area contributed by atoms with E-state index in [-0.39, 0.29) is 0 Å². The van der Waals surface area contributed by atoms with Gasteiger partial charge in [-0.3, -0.25) is 4.68 Å². The molecule has 5 rings (SSSR count). The Kier molecular flexibility index (Phi) is 6.07. The molecule has 0 radical (unpaired) electrons. The van der Waals surface area contributed by atoms with E-state index in [0.717, 1.165) is 77.5 Å². The fourth-order valence-electron chi connectivity index (χ4n) is 4.32. The molecule has 0 unspecified atom stereocenters. The van der Waals surface area contributed by atoms with Crippen molar-refractivity contribution in [2.45, 2.75) is 31.8 Å². The molecule has 3 aromatic heterocycles. The molecule has 0 saturated heterocycles. The zero-order valence-corrected chi connectivity index (χ0v) is 20.4. The van der Waals surface area contributed by atoms with Gasteiger partial charge in [-0.1, -0.05) is 29.1 Å². The quantitative estimate of drug-likeness (QED) is 0.404. The van der Waals surface area contributed by atoms with Crippen LogP contribution in [0.2, 0.25) is 0 Å². The minimum absolute atomic E-state index is 0.842. The molecular weight excluding hydrogens is 434 g/mol. The summed E-state index contributed by atoms with van der Waals surface area (Å²) in [5.41, 5.74) is 7.04. The largest absolute Gasteiger partial charge is 0.361 e. The molecule has 0 N–H and O–H groups in total. The van der Waals surface area contributed by atoms with Gasteiger partial charge in [-0.2, -0.15) is 5.10 Å². The smallest absolute Gasteiger partial charge is 0.191 e. The van der Waals surface area contributed by atoms with Crippen LogP contribution in [0.5, 0.6) is 0 Å². The molecule has 33 heavy (non-hydrogen) atoms. The van der Waals surface area contributed by atoms with Crippen LogP contribution >= 0.6 is 11.8 Å².